The topological polar surface area (TPSA) is 78.5 Å². The molecule has 1 aromatic rings. The van der Waals surface area contributed by atoms with Crippen molar-refractivity contribution in [2.45, 2.75) is 83.2 Å². The number of para-hydroxylation sites is 1. The number of anilines is 1. The lowest BCUT2D eigenvalue weighted by Crippen LogP contribution is -2.44. The molecule has 3 aliphatic rings. The van der Waals surface area contributed by atoms with Crippen molar-refractivity contribution in [3.05, 3.63) is 35.4 Å². The Hall–Kier alpha value is -2.63. The average Bonchev–Trinajstić information content (AvgIpc) is 3.06. The van der Waals surface area contributed by atoms with Gasteiger partial charge in [-0.1, -0.05) is 56.7 Å². The first-order chi connectivity index (χ1) is 15.1. The van der Waals surface area contributed by atoms with Gasteiger partial charge in [0.05, 0.1) is 11.3 Å². The number of hydrogen-bond donors (Lipinski definition) is 2. The summed E-state index contributed by atoms with van der Waals surface area (Å²) in [5, 5.41) is 6.14. The molecule has 0 radical (unpaired) electrons. The van der Waals surface area contributed by atoms with E-state index in [1.807, 2.05) is 31.2 Å². The number of nitrogens with zero attached hydrogens (tertiary/aromatic N) is 1. The predicted molar refractivity (Wildman–Crippen MR) is 121 cm³/mol. The van der Waals surface area contributed by atoms with Crippen molar-refractivity contribution < 1.29 is 14.4 Å². The second-order valence-electron chi connectivity index (χ2n) is 8.93. The van der Waals surface area contributed by atoms with Gasteiger partial charge >= 0.3 is 0 Å². The van der Waals surface area contributed by atoms with Gasteiger partial charge in [0.2, 0.25) is 0 Å². The van der Waals surface area contributed by atoms with Crippen molar-refractivity contribution >= 4 is 29.0 Å². The SMILES string of the molecule is CCN1C(=O)C(=C(C(=O)NC2CCCCC2)C(=O)NC2CCCCC2)c2ccccc21. The van der Waals surface area contributed by atoms with Gasteiger partial charge in [-0.2, -0.15) is 0 Å². The second kappa shape index (κ2) is 9.67. The molecule has 2 saturated carbocycles. The molecule has 2 N–H and O–H groups in total. The van der Waals surface area contributed by atoms with Crippen LogP contribution >= 0.6 is 0 Å². The molecule has 166 valence electrons. The number of carbonyl (C=O) groups excluding carboxylic acids is 3. The van der Waals surface area contributed by atoms with Gasteiger partial charge in [0, 0.05) is 24.2 Å². The van der Waals surface area contributed by atoms with E-state index in [0.29, 0.717) is 12.1 Å². The maximum absolute atomic E-state index is 13.4. The van der Waals surface area contributed by atoms with E-state index in [1.54, 1.807) is 4.90 Å². The van der Waals surface area contributed by atoms with E-state index in [9.17, 15) is 14.4 Å². The molecule has 6 heteroatoms. The molecule has 0 bridgehead atoms. The van der Waals surface area contributed by atoms with Crippen LogP contribution in [0.15, 0.2) is 29.8 Å². The first-order valence-electron chi connectivity index (χ1n) is 11.9. The Balaban J connectivity index is 1.71. The molecule has 2 aliphatic carbocycles. The number of fused-ring (bicyclic) bond motifs is 1. The van der Waals surface area contributed by atoms with E-state index in [4.69, 9.17) is 0 Å². The van der Waals surface area contributed by atoms with Crippen LogP contribution in [0.25, 0.3) is 5.57 Å². The minimum atomic E-state index is -0.420. The summed E-state index contributed by atoms with van der Waals surface area (Å²) in [6.07, 6.45) is 10.4. The molecule has 1 aliphatic heterocycles. The standard InChI is InChI=1S/C25H33N3O3/c1-2-28-20-16-10-9-15-19(20)21(25(28)31)22(23(29)26-17-11-5-3-6-12-17)24(30)27-18-13-7-4-8-14-18/h9-10,15-18H,2-8,11-14H2,1H3,(H,26,29)(H,27,30). The Morgan fingerprint density at radius 1 is 0.871 bits per heavy atom. The molecule has 1 aromatic carbocycles. The van der Waals surface area contributed by atoms with Crippen molar-refractivity contribution in [1.29, 1.82) is 0 Å². The monoisotopic (exact) mass is 423 g/mol. The Bertz CT molecular complexity index is 846. The fraction of sp³-hybridized carbons (Fsp3) is 0.560. The molecule has 0 aromatic heterocycles. The smallest absolute Gasteiger partial charge is 0.259 e. The molecule has 3 amide bonds. The van der Waals surface area contributed by atoms with E-state index >= 15 is 0 Å². The summed E-state index contributed by atoms with van der Waals surface area (Å²) in [6.45, 7) is 2.39. The van der Waals surface area contributed by atoms with Crippen LogP contribution in [0.4, 0.5) is 5.69 Å². The number of hydrogen-bond acceptors (Lipinski definition) is 3. The van der Waals surface area contributed by atoms with Crippen LogP contribution in [0.3, 0.4) is 0 Å². The Morgan fingerprint density at radius 2 is 1.39 bits per heavy atom. The van der Waals surface area contributed by atoms with Crippen LogP contribution < -0.4 is 15.5 Å². The number of nitrogens with one attached hydrogen (secondary N) is 2. The first-order valence-corrected chi connectivity index (χ1v) is 11.9. The zero-order valence-corrected chi connectivity index (χ0v) is 18.4. The fourth-order valence-corrected chi connectivity index (χ4v) is 5.17. The lowest BCUT2D eigenvalue weighted by molar-refractivity contribution is -0.125. The number of benzene rings is 1. The molecule has 31 heavy (non-hydrogen) atoms. The van der Waals surface area contributed by atoms with Crippen molar-refractivity contribution in [3.8, 4) is 0 Å². The van der Waals surface area contributed by atoms with Gasteiger partial charge in [-0.25, -0.2) is 0 Å². The second-order valence-corrected chi connectivity index (χ2v) is 8.93. The molecule has 0 spiro atoms. The molecule has 0 saturated heterocycles. The maximum atomic E-state index is 13.4. The van der Waals surface area contributed by atoms with Gasteiger partial charge in [0.25, 0.3) is 17.7 Å². The van der Waals surface area contributed by atoms with Gasteiger partial charge in [-0.05, 0) is 38.7 Å². The lowest BCUT2D eigenvalue weighted by atomic mass is 9.93. The average molecular weight is 424 g/mol. The van der Waals surface area contributed by atoms with Gasteiger partial charge in [-0.15, -0.1) is 0 Å². The van der Waals surface area contributed by atoms with Gasteiger partial charge < -0.3 is 15.5 Å². The van der Waals surface area contributed by atoms with Gasteiger partial charge in [-0.3, -0.25) is 14.4 Å². The minimum absolute atomic E-state index is 0.0236. The molecule has 1 heterocycles. The maximum Gasteiger partial charge on any atom is 0.259 e. The molecular weight excluding hydrogens is 390 g/mol. The Kier molecular flexibility index (Phi) is 6.73. The van der Waals surface area contributed by atoms with E-state index in [-0.39, 0.29) is 29.1 Å². The lowest BCUT2D eigenvalue weighted by Gasteiger charge is -2.26. The van der Waals surface area contributed by atoms with E-state index in [0.717, 1.165) is 57.1 Å². The van der Waals surface area contributed by atoms with Gasteiger partial charge in [0.1, 0.15) is 5.57 Å². The van der Waals surface area contributed by atoms with E-state index in [2.05, 4.69) is 10.6 Å². The van der Waals surface area contributed by atoms with E-state index in [1.165, 1.54) is 12.8 Å². The summed E-state index contributed by atoms with van der Waals surface area (Å²) in [7, 11) is 0. The van der Waals surface area contributed by atoms with Crippen LogP contribution in [0.2, 0.25) is 0 Å². The summed E-state index contributed by atoms with van der Waals surface area (Å²) < 4.78 is 0. The minimum Gasteiger partial charge on any atom is -0.349 e. The third-order valence-electron chi connectivity index (χ3n) is 6.82. The highest BCUT2D eigenvalue weighted by Crippen LogP contribution is 2.38. The summed E-state index contributed by atoms with van der Waals surface area (Å²) in [5.41, 5.74) is 1.64. The third-order valence-corrected chi connectivity index (χ3v) is 6.82. The Labute approximate surface area is 184 Å². The van der Waals surface area contributed by atoms with Crippen LogP contribution in [0, 0.1) is 0 Å². The van der Waals surface area contributed by atoms with Crippen molar-refractivity contribution in [2.24, 2.45) is 0 Å². The highest BCUT2D eigenvalue weighted by atomic mass is 16.2. The van der Waals surface area contributed by atoms with Crippen molar-refractivity contribution in [2.75, 3.05) is 11.4 Å². The fourth-order valence-electron chi connectivity index (χ4n) is 5.17. The van der Waals surface area contributed by atoms with Crippen molar-refractivity contribution in [3.63, 3.8) is 0 Å². The quantitative estimate of drug-likeness (QED) is 0.431. The molecule has 0 atom stereocenters. The number of carbonyl (C=O) groups is 3. The Morgan fingerprint density at radius 3 is 1.90 bits per heavy atom. The van der Waals surface area contributed by atoms with Crippen LogP contribution in [-0.2, 0) is 14.4 Å². The number of amides is 3. The first kappa shape index (κ1) is 21.6. The molecular formula is C25H33N3O3. The normalized spacial score (nSPS) is 19.8. The van der Waals surface area contributed by atoms with Crippen molar-refractivity contribution in [1.82, 2.24) is 10.6 Å². The highest BCUT2D eigenvalue weighted by molar-refractivity contribution is 6.41. The summed E-state index contributed by atoms with van der Waals surface area (Å²) in [5.74, 6) is -1.11. The molecule has 0 unspecified atom stereocenters. The highest BCUT2D eigenvalue weighted by Gasteiger charge is 2.38. The largest absolute Gasteiger partial charge is 0.349 e. The molecule has 4 rings (SSSR count). The van der Waals surface area contributed by atoms with E-state index < -0.39 is 11.8 Å². The summed E-state index contributed by atoms with van der Waals surface area (Å²) >= 11 is 0. The number of likely N-dealkylation sites (N-methyl/N-ethyl adjacent to an activating group) is 1. The van der Waals surface area contributed by atoms with Crippen LogP contribution in [-0.4, -0.2) is 36.3 Å². The predicted octanol–water partition coefficient (Wildman–Crippen LogP) is 3.70. The van der Waals surface area contributed by atoms with Gasteiger partial charge in [0.15, 0.2) is 0 Å². The zero-order chi connectivity index (χ0) is 21.8. The molecule has 6 nitrogen and oxygen atoms in total. The summed E-state index contributed by atoms with van der Waals surface area (Å²) in [6, 6.07) is 7.56. The van der Waals surface area contributed by atoms with Crippen LogP contribution in [0.5, 0.6) is 0 Å². The summed E-state index contributed by atoms with van der Waals surface area (Å²) in [4.78, 5) is 41.8. The molecule has 2 fully saturated rings. The number of rotatable bonds is 5. The van der Waals surface area contributed by atoms with Crippen LogP contribution in [0.1, 0.15) is 76.7 Å². The zero-order valence-electron chi connectivity index (χ0n) is 18.4. The third kappa shape index (κ3) is 4.53.